The average molecular weight is 288 g/mol. The van der Waals surface area contributed by atoms with Crippen LogP contribution in [0.5, 0.6) is 0 Å². The van der Waals surface area contributed by atoms with Crippen LogP contribution in [0.3, 0.4) is 0 Å². The van der Waals surface area contributed by atoms with E-state index >= 15 is 0 Å². The molecule has 0 aliphatic rings. The van der Waals surface area contributed by atoms with E-state index < -0.39 is 0 Å². The summed E-state index contributed by atoms with van der Waals surface area (Å²) in [4.78, 5) is 0. The van der Waals surface area contributed by atoms with Crippen LogP contribution in [0.15, 0.2) is 0 Å². The van der Waals surface area contributed by atoms with Gasteiger partial charge in [-0.15, -0.1) is 0 Å². The van der Waals surface area contributed by atoms with Crippen molar-refractivity contribution in [1.82, 2.24) is 0 Å². The fourth-order valence-corrected chi connectivity index (χ4v) is 0. The zero-order chi connectivity index (χ0) is 5.41. The third kappa shape index (κ3) is 62.0. The van der Waals surface area contributed by atoms with Crippen LogP contribution in [0.4, 0.5) is 0 Å². The molecule has 0 saturated carbocycles. The molecule has 0 fully saturated rings. The molecule has 0 spiro atoms. The molecular weight excluding hydrogens is 288 g/mol. The van der Waals surface area contributed by atoms with Crippen LogP contribution in [-0.4, -0.2) is 0 Å². The molecule has 0 radical (unpaired) electrons. The van der Waals surface area contributed by atoms with Gasteiger partial charge in [0.2, 0.25) is 0 Å². The first-order valence-corrected chi connectivity index (χ1v) is 1.67. The van der Waals surface area contributed by atoms with Gasteiger partial charge in [-0.1, -0.05) is 10.8 Å². The number of rotatable bonds is 0. The number of nitriles is 2. The summed E-state index contributed by atoms with van der Waals surface area (Å²) in [5.74, 6) is 0. The van der Waals surface area contributed by atoms with Gasteiger partial charge in [-0.05, 0) is 0 Å². The van der Waals surface area contributed by atoms with Crippen LogP contribution >= 0.6 is 0 Å². The second kappa shape index (κ2) is 32.1. The maximum Gasteiger partial charge on any atom is 1.00 e. The summed E-state index contributed by atoms with van der Waals surface area (Å²) >= 11 is 7.40. The van der Waals surface area contributed by atoms with Gasteiger partial charge in [-0.3, -0.25) is 0 Å². The van der Waals surface area contributed by atoms with Crippen LogP contribution in [0.1, 0.15) is 0 Å². The molecule has 0 aromatic carbocycles. The van der Waals surface area contributed by atoms with E-state index in [4.69, 9.17) is 10.5 Å². The topological polar surface area (TPSA) is 47.6 Å². The smallest absolute Gasteiger partial charge is 0.696 e. The standard InChI is InChI=1S/2CHNS.Cs.K/c2*2-1-3;;/h2*3H;;/q;;2*+1/p-2. The number of hydrogen-bond acceptors (Lipinski definition) is 4. The van der Waals surface area contributed by atoms with E-state index in [0.717, 1.165) is 0 Å². The first-order chi connectivity index (χ1) is 2.83. The fraction of sp³-hybridized carbons (Fsp3) is 0. The van der Waals surface area contributed by atoms with Gasteiger partial charge in [0, 0.05) is 0 Å². The minimum Gasteiger partial charge on any atom is -0.696 e. The quantitative estimate of drug-likeness (QED) is 0.253. The maximum absolute atomic E-state index is 7.13. The minimum atomic E-state index is 0. The van der Waals surface area contributed by atoms with Crippen molar-refractivity contribution < 1.29 is 120 Å². The molecule has 0 aliphatic carbocycles. The zero-order valence-electron chi connectivity index (χ0n) is 4.71. The van der Waals surface area contributed by atoms with Crippen LogP contribution in [0.25, 0.3) is 0 Å². The molecular formula is C2CsKN2S2. The summed E-state index contributed by atoms with van der Waals surface area (Å²) in [5.41, 5.74) is 0. The van der Waals surface area contributed by atoms with Crippen LogP contribution < -0.4 is 120 Å². The van der Waals surface area contributed by atoms with Crippen molar-refractivity contribution in [3.63, 3.8) is 0 Å². The van der Waals surface area contributed by atoms with Crippen molar-refractivity contribution >= 4 is 25.3 Å². The summed E-state index contributed by atoms with van der Waals surface area (Å²) in [6, 6.07) is 0. The molecule has 0 aromatic heterocycles. The first kappa shape index (κ1) is 22.5. The Kier molecular flexibility index (Phi) is 90.2. The van der Waals surface area contributed by atoms with Crippen LogP contribution in [0.2, 0.25) is 0 Å². The summed E-state index contributed by atoms with van der Waals surface area (Å²) in [7, 11) is 0. The molecule has 8 heavy (non-hydrogen) atoms. The summed E-state index contributed by atoms with van der Waals surface area (Å²) in [6.45, 7) is 0. The van der Waals surface area contributed by atoms with E-state index in [1.54, 1.807) is 0 Å². The molecule has 0 amide bonds. The van der Waals surface area contributed by atoms with Gasteiger partial charge >= 0.3 is 120 Å². The summed E-state index contributed by atoms with van der Waals surface area (Å²) < 4.78 is 0. The van der Waals surface area contributed by atoms with E-state index in [0.29, 0.717) is 0 Å². The molecule has 0 heterocycles. The van der Waals surface area contributed by atoms with Crippen molar-refractivity contribution in [2.75, 3.05) is 0 Å². The summed E-state index contributed by atoms with van der Waals surface area (Å²) in [6.07, 6.45) is 0. The van der Waals surface area contributed by atoms with Crippen molar-refractivity contribution in [3.8, 4) is 10.8 Å². The van der Waals surface area contributed by atoms with Gasteiger partial charge in [0.15, 0.2) is 0 Å². The normalized spacial score (nSPS) is 1.75. The van der Waals surface area contributed by atoms with E-state index in [9.17, 15) is 0 Å². The Bertz CT molecular complexity index is 73.0. The van der Waals surface area contributed by atoms with Gasteiger partial charge in [0.25, 0.3) is 0 Å². The monoisotopic (exact) mass is 288 g/mol. The van der Waals surface area contributed by atoms with Crippen molar-refractivity contribution in [1.29, 1.82) is 10.5 Å². The third-order valence-electron chi connectivity index (χ3n) is 0. The molecule has 2 nitrogen and oxygen atoms in total. The van der Waals surface area contributed by atoms with Gasteiger partial charge in [-0.25, -0.2) is 10.5 Å². The Balaban J connectivity index is -0.0000000160. The Morgan fingerprint density at radius 2 is 1.00 bits per heavy atom. The van der Waals surface area contributed by atoms with E-state index in [2.05, 4.69) is 25.3 Å². The Morgan fingerprint density at radius 3 is 1.00 bits per heavy atom. The average Bonchev–Trinajstić information content (AvgIpc) is 1.39. The predicted octanol–water partition coefficient (Wildman–Crippen LogP) is -5.96. The zero-order valence-corrected chi connectivity index (χ0v) is 15.7. The van der Waals surface area contributed by atoms with E-state index in [1.165, 1.54) is 10.8 Å². The molecule has 0 aromatic rings. The molecule has 6 heteroatoms. The first-order valence-electron chi connectivity index (χ1n) is 0.855. The van der Waals surface area contributed by atoms with Crippen molar-refractivity contribution in [2.24, 2.45) is 0 Å². The fourth-order valence-electron chi connectivity index (χ4n) is 0. The number of nitrogens with zero attached hydrogens (tertiary/aromatic N) is 2. The molecule has 0 unspecified atom stereocenters. The SMILES string of the molecule is N#C[S-].N#C[S-].[Cs+].[K+]. The van der Waals surface area contributed by atoms with Crippen LogP contribution in [0, 0.1) is 21.3 Å². The molecule has 0 atom stereocenters. The molecule has 0 saturated heterocycles. The molecule has 32 valence electrons. The Hall–Kier alpha value is 3.11. The number of hydrogen-bond donors (Lipinski definition) is 0. The number of thiocyanates is 2. The second-order valence-electron chi connectivity index (χ2n) is 0.183. The molecule has 0 aliphatic heterocycles. The predicted molar refractivity (Wildman–Crippen MR) is 26.0 cm³/mol. The van der Waals surface area contributed by atoms with Crippen molar-refractivity contribution in [3.05, 3.63) is 0 Å². The van der Waals surface area contributed by atoms with Gasteiger partial charge in [0.1, 0.15) is 0 Å². The second-order valence-corrected chi connectivity index (χ2v) is 0.548. The third-order valence-corrected chi connectivity index (χ3v) is 0. The van der Waals surface area contributed by atoms with Gasteiger partial charge in [0.05, 0.1) is 0 Å². The van der Waals surface area contributed by atoms with Crippen molar-refractivity contribution in [2.45, 2.75) is 0 Å². The summed E-state index contributed by atoms with van der Waals surface area (Å²) in [5, 5.41) is 16.9. The minimum absolute atomic E-state index is 0. The largest absolute Gasteiger partial charge is 1.00 e. The van der Waals surface area contributed by atoms with Gasteiger partial charge < -0.3 is 25.3 Å². The Morgan fingerprint density at radius 1 is 1.00 bits per heavy atom. The maximum atomic E-state index is 7.13. The molecule has 0 bridgehead atoms. The molecule has 0 rings (SSSR count). The van der Waals surface area contributed by atoms with Crippen LogP contribution in [-0.2, 0) is 25.3 Å². The molecule has 0 N–H and O–H groups in total. The van der Waals surface area contributed by atoms with Gasteiger partial charge in [-0.2, -0.15) is 0 Å². The van der Waals surface area contributed by atoms with E-state index in [1.807, 2.05) is 0 Å². The Labute approximate surface area is 161 Å². The van der Waals surface area contributed by atoms with E-state index in [-0.39, 0.29) is 120 Å².